The number of benzene rings is 1. The van der Waals surface area contributed by atoms with Gasteiger partial charge in [0.25, 0.3) is 5.91 Å². The number of carbonyl (C=O) groups excluding carboxylic acids is 1. The van der Waals surface area contributed by atoms with Crippen LogP contribution < -0.4 is 5.32 Å². The average molecular weight is 347 g/mol. The first-order valence-corrected chi connectivity index (χ1v) is 7.08. The monoisotopic (exact) mass is 345 g/mol. The van der Waals surface area contributed by atoms with Crippen molar-refractivity contribution in [2.75, 3.05) is 0 Å². The zero-order valence-corrected chi connectivity index (χ0v) is 12.4. The Morgan fingerprint density at radius 3 is 2.63 bits per heavy atom. The van der Waals surface area contributed by atoms with Gasteiger partial charge in [0.1, 0.15) is 0 Å². The number of hydrogen-bond donors (Lipinski definition) is 2. The molecule has 19 heavy (non-hydrogen) atoms. The molecule has 0 aliphatic heterocycles. The lowest BCUT2D eigenvalue weighted by Gasteiger charge is -2.41. The van der Waals surface area contributed by atoms with E-state index in [0.717, 1.165) is 6.42 Å². The predicted octanol–water partition coefficient (Wildman–Crippen LogP) is 3.23. The van der Waals surface area contributed by atoms with Crippen LogP contribution >= 0.6 is 27.5 Å². The summed E-state index contributed by atoms with van der Waals surface area (Å²) in [7, 11) is 0. The van der Waals surface area contributed by atoms with Crippen LogP contribution in [-0.4, -0.2) is 22.5 Å². The van der Waals surface area contributed by atoms with Gasteiger partial charge in [0.05, 0.1) is 17.5 Å². The molecule has 1 aromatic rings. The second-order valence-electron chi connectivity index (χ2n) is 4.78. The number of hydrogen-bond acceptors (Lipinski definition) is 2. The van der Waals surface area contributed by atoms with Crippen molar-refractivity contribution in [2.45, 2.75) is 31.2 Å². The van der Waals surface area contributed by atoms with Crippen LogP contribution in [0.1, 0.15) is 36.0 Å². The van der Waals surface area contributed by atoms with Gasteiger partial charge in [-0.15, -0.1) is 0 Å². The van der Waals surface area contributed by atoms with Crippen LogP contribution in [0.5, 0.6) is 0 Å². The normalized spacial score (nSPS) is 16.5. The molecule has 0 unspecified atom stereocenters. The summed E-state index contributed by atoms with van der Waals surface area (Å²) >= 11 is 9.16. The number of nitrogens with one attached hydrogen (secondary N) is 1. The zero-order valence-electron chi connectivity index (χ0n) is 10.1. The van der Waals surface area contributed by atoms with Gasteiger partial charge in [0.15, 0.2) is 0 Å². The first kappa shape index (κ1) is 14.3. The van der Waals surface area contributed by atoms with Crippen molar-refractivity contribution in [1.82, 2.24) is 5.32 Å². The number of amides is 1. The number of carboxylic acid groups (broad SMARTS) is 1. The van der Waals surface area contributed by atoms with Crippen LogP contribution in [0.15, 0.2) is 22.7 Å². The largest absolute Gasteiger partial charge is 0.481 e. The first-order chi connectivity index (χ1) is 8.92. The molecule has 2 N–H and O–H groups in total. The number of halogens is 2. The fourth-order valence-electron chi connectivity index (χ4n) is 2.22. The maximum absolute atomic E-state index is 12.2. The Hall–Kier alpha value is -1.07. The summed E-state index contributed by atoms with van der Waals surface area (Å²) < 4.78 is 0.638. The topological polar surface area (TPSA) is 66.4 Å². The summed E-state index contributed by atoms with van der Waals surface area (Å²) in [5.74, 6) is -1.19. The van der Waals surface area contributed by atoms with Crippen molar-refractivity contribution >= 4 is 39.4 Å². The van der Waals surface area contributed by atoms with Crippen LogP contribution in [0.4, 0.5) is 0 Å². The molecule has 6 heteroatoms. The molecule has 0 radical (unpaired) electrons. The molecule has 0 spiro atoms. The molecule has 0 saturated heterocycles. The molecule has 1 saturated carbocycles. The average Bonchev–Trinajstić information content (AvgIpc) is 2.28. The molecule has 1 aliphatic carbocycles. The van der Waals surface area contributed by atoms with Crippen molar-refractivity contribution in [3.8, 4) is 0 Å². The van der Waals surface area contributed by atoms with Gasteiger partial charge in [-0.2, -0.15) is 0 Å². The van der Waals surface area contributed by atoms with Crippen LogP contribution in [0.25, 0.3) is 0 Å². The van der Waals surface area contributed by atoms with Crippen molar-refractivity contribution in [1.29, 1.82) is 0 Å². The van der Waals surface area contributed by atoms with Gasteiger partial charge in [-0.25, -0.2) is 0 Å². The minimum absolute atomic E-state index is 0.0447. The fraction of sp³-hybridized carbons (Fsp3) is 0.385. The SMILES string of the molecule is O=C(O)CC1(NC(=O)c2cc(Cl)ccc2Br)CCC1. The van der Waals surface area contributed by atoms with Crippen molar-refractivity contribution in [2.24, 2.45) is 0 Å². The molecule has 4 nitrogen and oxygen atoms in total. The van der Waals surface area contributed by atoms with E-state index in [4.69, 9.17) is 16.7 Å². The molecule has 2 rings (SSSR count). The molecule has 1 fully saturated rings. The number of aliphatic carboxylic acids is 1. The van der Waals surface area contributed by atoms with Crippen molar-refractivity contribution < 1.29 is 14.7 Å². The van der Waals surface area contributed by atoms with E-state index < -0.39 is 11.5 Å². The highest BCUT2D eigenvalue weighted by Crippen LogP contribution is 2.35. The summed E-state index contributed by atoms with van der Waals surface area (Å²) in [4.78, 5) is 23.1. The molecule has 1 aromatic carbocycles. The molecule has 0 atom stereocenters. The Morgan fingerprint density at radius 2 is 2.11 bits per heavy atom. The van der Waals surface area contributed by atoms with E-state index in [1.807, 2.05) is 0 Å². The maximum Gasteiger partial charge on any atom is 0.305 e. The predicted molar refractivity (Wildman–Crippen MR) is 75.5 cm³/mol. The summed E-state index contributed by atoms with van der Waals surface area (Å²) in [6, 6.07) is 4.94. The Bertz CT molecular complexity index is 529. The van der Waals surface area contributed by atoms with Gasteiger partial charge < -0.3 is 10.4 Å². The summed E-state index contributed by atoms with van der Waals surface area (Å²) in [6.45, 7) is 0. The summed E-state index contributed by atoms with van der Waals surface area (Å²) in [6.07, 6.45) is 2.29. The maximum atomic E-state index is 12.2. The van der Waals surface area contributed by atoms with Crippen molar-refractivity contribution in [3.05, 3.63) is 33.3 Å². The highest BCUT2D eigenvalue weighted by molar-refractivity contribution is 9.10. The second kappa shape index (κ2) is 5.51. The Labute approximate surface area is 124 Å². The Balaban J connectivity index is 2.16. The van der Waals surface area contributed by atoms with Crippen molar-refractivity contribution in [3.63, 3.8) is 0 Å². The van der Waals surface area contributed by atoms with E-state index in [1.165, 1.54) is 0 Å². The third-order valence-electron chi connectivity index (χ3n) is 3.35. The summed E-state index contributed by atoms with van der Waals surface area (Å²) in [5.41, 5.74) is -0.186. The van der Waals surface area contributed by atoms with Gasteiger partial charge >= 0.3 is 5.97 Å². The van der Waals surface area contributed by atoms with Gasteiger partial charge in [-0.05, 0) is 53.4 Å². The second-order valence-corrected chi connectivity index (χ2v) is 6.07. The Morgan fingerprint density at radius 1 is 1.42 bits per heavy atom. The smallest absolute Gasteiger partial charge is 0.305 e. The molecule has 1 aliphatic rings. The zero-order chi connectivity index (χ0) is 14.0. The van der Waals surface area contributed by atoms with E-state index in [2.05, 4.69) is 21.2 Å². The number of carboxylic acids is 1. The molecule has 0 aromatic heterocycles. The minimum Gasteiger partial charge on any atom is -0.481 e. The van der Waals surface area contributed by atoms with Crippen LogP contribution in [0.3, 0.4) is 0 Å². The molecule has 102 valence electrons. The summed E-state index contributed by atoms with van der Waals surface area (Å²) in [5, 5.41) is 12.2. The van der Waals surface area contributed by atoms with Crippen LogP contribution in [0, 0.1) is 0 Å². The van der Waals surface area contributed by atoms with E-state index in [9.17, 15) is 9.59 Å². The van der Waals surface area contributed by atoms with Gasteiger partial charge in [0, 0.05) is 9.50 Å². The highest BCUT2D eigenvalue weighted by Gasteiger charge is 2.40. The number of carbonyl (C=O) groups is 2. The van der Waals surface area contributed by atoms with Gasteiger partial charge in [0.2, 0.25) is 0 Å². The lowest BCUT2D eigenvalue weighted by molar-refractivity contribution is -0.139. The quantitative estimate of drug-likeness (QED) is 0.879. The van der Waals surface area contributed by atoms with Crippen LogP contribution in [-0.2, 0) is 4.79 Å². The van der Waals surface area contributed by atoms with E-state index in [0.29, 0.717) is 27.9 Å². The first-order valence-electron chi connectivity index (χ1n) is 5.91. The third-order valence-corrected chi connectivity index (χ3v) is 4.28. The molecule has 0 bridgehead atoms. The molecular formula is C13H13BrClNO3. The van der Waals surface area contributed by atoms with Crippen LogP contribution in [0.2, 0.25) is 5.02 Å². The minimum atomic E-state index is -0.898. The van der Waals surface area contributed by atoms with E-state index in [-0.39, 0.29) is 12.3 Å². The third kappa shape index (κ3) is 3.28. The highest BCUT2D eigenvalue weighted by atomic mass is 79.9. The van der Waals surface area contributed by atoms with Gasteiger partial charge in [-0.3, -0.25) is 9.59 Å². The lowest BCUT2D eigenvalue weighted by Crippen LogP contribution is -2.54. The van der Waals surface area contributed by atoms with E-state index >= 15 is 0 Å². The standard InChI is InChI=1S/C13H13BrClNO3/c14-10-3-2-8(15)6-9(10)12(19)16-13(4-1-5-13)7-11(17)18/h2-3,6H,1,4-5,7H2,(H,16,19)(H,17,18). The number of rotatable bonds is 4. The Kier molecular flexibility index (Phi) is 4.16. The lowest BCUT2D eigenvalue weighted by atomic mass is 9.74. The molecular weight excluding hydrogens is 334 g/mol. The fourth-order valence-corrected chi connectivity index (χ4v) is 2.82. The molecule has 1 amide bonds. The molecule has 0 heterocycles. The van der Waals surface area contributed by atoms with Gasteiger partial charge in [-0.1, -0.05) is 11.6 Å². The van der Waals surface area contributed by atoms with E-state index in [1.54, 1.807) is 18.2 Å².